The summed E-state index contributed by atoms with van der Waals surface area (Å²) in [4.78, 5) is 0. The molecule has 0 aliphatic rings. The normalized spacial score (nSPS) is 13.2. The maximum atomic E-state index is 11.7. The maximum Gasteiger partial charge on any atom is 0.104 e. The molecule has 0 amide bonds. The summed E-state index contributed by atoms with van der Waals surface area (Å²) >= 11 is 0. The van der Waals surface area contributed by atoms with E-state index in [1.54, 1.807) is 0 Å². The molecule has 1 aromatic carbocycles. The summed E-state index contributed by atoms with van der Waals surface area (Å²) in [6, 6.07) is 9.78. The van der Waals surface area contributed by atoms with Gasteiger partial charge in [0.2, 0.25) is 0 Å². The topological polar surface area (TPSA) is 17.1 Å². The lowest BCUT2D eigenvalue weighted by Crippen LogP contribution is -1.99. The van der Waals surface area contributed by atoms with E-state index in [1.165, 1.54) is 0 Å². The van der Waals surface area contributed by atoms with E-state index in [1.807, 2.05) is 30.3 Å². The first kappa shape index (κ1) is 10.5. The largest absolute Gasteiger partial charge is 0.322 e. The quantitative estimate of drug-likeness (QED) is 0.677. The molecule has 1 aromatic rings. The van der Waals surface area contributed by atoms with Crippen LogP contribution in [0, 0.1) is 5.92 Å². The minimum Gasteiger partial charge on any atom is -0.322 e. The van der Waals surface area contributed by atoms with Gasteiger partial charge in [-0.25, -0.2) is 0 Å². The van der Waals surface area contributed by atoms with Gasteiger partial charge in [0, 0.05) is 11.5 Å². The molecular weight excluding hydrogens is 179 g/mol. The molecule has 0 saturated heterocycles. The van der Waals surface area contributed by atoms with Crippen LogP contribution in [0.2, 0.25) is 0 Å². The van der Waals surface area contributed by atoms with Gasteiger partial charge in [-0.15, -0.1) is 0 Å². The second-order valence-electron chi connectivity index (χ2n) is 3.72. The van der Waals surface area contributed by atoms with E-state index < -0.39 is 7.80 Å². The van der Waals surface area contributed by atoms with Crippen LogP contribution in [0.25, 0.3) is 0 Å². The molecule has 1 rings (SSSR count). The van der Waals surface area contributed by atoms with Gasteiger partial charge in [-0.3, -0.25) is 0 Å². The zero-order chi connectivity index (χ0) is 9.68. The molecule has 1 unspecified atom stereocenters. The van der Waals surface area contributed by atoms with Crippen molar-refractivity contribution in [3.05, 3.63) is 30.3 Å². The van der Waals surface area contributed by atoms with E-state index in [9.17, 15) is 4.57 Å². The summed E-state index contributed by atoms with van der Waals surface area (Å²) in [5, 5.41) is 1.02. The lowest BCUT2D eigenvalue weighted by molar-refractivity contribution is 0.579. The lowest BCUT2D eigenvalue weighted by atomic mass is 10.2. The maximum absolute atomic E-state index is 11.7. The summed E-state index contributed by atoms with van der Waals surface area (Å²) in [5.41, 5.74) is 0. The zero-order valence-corrected chi connectivity index (χ0v) is 9.29. The molecule has 0 aromatic heterocycles. The minimum atomic E-state index is -1.51. The van der Waals surface area contributed by atoms with Gasteiger partial charge >= 0.3 is 0 Å². The summed E-state index contributed by atoms with van der Waals surface area (Å²) in [6.45, 7) is 4.33. The molecule has 0 aliphatic heterocycles. The first-order valence-electron chi connectivity index (χ1n) is 4.78. The fourth-order valence-electron chi connectivity index (χ4n) is 1.19. The third-order valence-electron chi connectivity index (χ3n) is 2.04. The predicted molar refractivity (Wildman–Crippen MR) is 59.4 cm³/mol. The van der Waals surface area contributed by atoms with Crippen molar-refractivity contribution in [1.82, 2.24) is 0 Å². The van der Waals surface area contributed by atoms with E-state index in [2.05, 4.69) is 13.8 Å². The second-order valence-corrected chi connectivity index (χ2v) is 5.65. The van der Waals surface area contributed by atoms with Crippen LogP contribution in [0.3, 0.4) is 0 Å². The Kier molecular flexibility index (Phi) is 4.24. The fourth-order valence-corrected chi connectivity index (χ4v) is 2.88. The van der Waals surface area contributed by atoms with E-state index in [-0.39, 0.29) is 0 Å². The Morgan fingerprint density at radius 1 is 1.23 bits per heavy atom. The zero-order valence-electron chi connectivity index (χ0n) is 8.29. The Bertz CT molecular complexity index is 267. The van der Waals surface area contributed by atoms with Crippen LogP contribution in [-0.4, -0.2) is 6.16 Å². The standard InChI is InChI=1S/C11H17OP/c1-10(2)8-9-13(12)11-6-4-3-5-7-11/h3-7,10,13H,8-9H2,1-2H3. The third kappa shape index (κ3) is 3.78. The highest BCUT2D eigenvalue weighted by molar-refractivity contribution is 7.53. The average molecular weight is 196 g/mol. The van der Waals surface area contributed by atoms with E-state index in [4.69, 9.17) is 0 Å². The molecule has 13 heavy (non-hydrogen) atoms. The molecule has 0 saturated carbocycles. The Balaban J connectivity index is 2.50. The van der Waals surface area contributed by atoms with Crippen molar-refractivity contribution in [2.75, 3.05) is 6.16 Å². The molecule has 0 radical (unpaired) electrons. The van der Waals surface area contributed by atoms with Crippen molar-refractivity contribution < 1.29 is 4.57 Å². The molecule has 1 nitrogen and oxygen atoms in total. The van der Waals surface area contributed by atoms with Crippen LogP contribution in [-0.2, 0) is 4.57 Å². The highest BCUT2D eigenvalue weighted by atomic mass is 31.1. The van der Waals surface area contributed by atoms with Crippen molar-refractivity contribution in [2.24, 2.45) is 5.92 Å². The Morgan fingerprint density at radius 3 is 2.38 bits per heavy atom. The van der Waals surface area contributed by atoms with Crippen LogP contribution >= 0.6 is 7.80 Å². The van der Waals surface area contributed by atoms with Gasteiger partial charge in [-0.2, -0.15) is 0 Å². The Hall–Kier alpha value is -0.550. The Morgan fingerprint density at radius 2 is 1.85 bits per heavy atom. The molecule has 0 bridgehead atoms. The summed E-state index contributed by atoms with van der Waals surface area (Å²) in [7, 11) is -1.51. The summed E-state index contributed by atoms with van der Waals surface area (Å²) < 4.78 is 11.7. The molecule has 0 heterocycles. The number of rotatable bonds is 4. The van der Waals surface area contributed by atoms with E-state index >= 15 is 0 Å². The van der Waals surface area contributed by atoms with Crippen molar-refractivity contribution in [2.45, 2.75) is 20.3 Å². The highest BCUT2D eigenvalue weighted by Crippen LogP contribution is 2.22. The van der Waals surface area contributed by atoms with Crippen LogP contribution in [0.5, 0.6) is 0 Å². The van der Waals surface area contributed by atoms with Crippen LogP contribution in [0.4, 0.5) is 0 Å². The van der Waals surface area contributed by atoms with Gasteiger partial charge in [-0.05, 0) is 12.3 Å². The first-order chi connectivity index (χ1) is 6.20. The van der Waals surface area contributed by atoms with Crippen LogP contribution in [0.1, 0.15) is 20.3 Å². The second kappa shape index (κ2) is 5.24. The van der Waals surface area contributed by atoms with E-state index in [0.29, 0.717) is 5.92 Å². The van der Waals surface area contributed by atoms with Gasteiger partial charge in [-0.1, -0.05) is 44.2 Å². The summed E-state index contributed by atoms with van der Waals surface area (Å²) in [6.07, 6.45) is 1.92. The van der Waals surface area contributed by atoms with Crippen LogP contribution in [0.15, 0.2) is 30.3 Å². The van der Waals surface area contributed by atoms with Gasteiger partial charge in [0.1, 0.15) is 7.80 Å². The van der Waals surface area contributed by atoms with Gasteiger partial charge < -0.3 is 4.57 Å². The molecule has 0 fully saturated rings. The van der Waals surface area contributed by atoms with Crippen molar-refractivity contribution in [1.29, 1.82) is 0 Å². The summed E-state index contributed by atoms with van der Waals surface area (Å²) in [5.74, 6) is 0.651. The Labute approximate surface area is 81.0 Å². The third-order valence-corrected chi connectivity index (χ3v) is 3.76. The highest BCUT2D eigenvalue weighted by Gasteiger charge is 2.03. The first-order valence-corrected chi connectivity index (χ1v) is 6.40. The fraction of sp³-hybridized carbons (Fsp3) is 0.455. The molecular formula is C11H17OP. The molecule has 0 spiro atoms. The van der Waals surface area contributed by atoms with Crippen molar-refractivity contribution >= 4 is 13.1 Å². The average Bonchev–Trinajstić information content (AvgIpc) is 2.15. The molecule has 72 valence electrons. The van der Waals surface area contributed by atoms with Crippen molar-refractivity contribution in [3.8, 4) is 0 Å². The lowest BCUT2D eigenvalue weighted by Gasteiger charge is -2.04. The number of benzene rings is 1. The molecule has 2 heteroatoms. The van der Waals surface area contributed by atoms with Crippen molar-refractivity contribution in [3.63, 3.8) is 0 Å². The van der Waals surface area contributed by atoms with E-state index in [0.717, 1.165) is 17.9 Å². The predicted octanol–water partition coefficient (Wildman–Crippen LogP) is 2.92. The minimum absolute atomic E-state index is 0.651. The monoisotopic (exact) mass is 196 g/mol. The molecule has 0 N–H and O–H groups in total. The van der Waals surface area contributed by atoms with Gasteiger partial charge in [0.05, 0.1) is 0 Å². The SMILES string of the molecule is CC(C)CC[PH](=O)c1ccccc1. The molecule has 0 aliphatic carbocycles. The van der Waals surface area contributed by atoms with Gasteiger partial charge in [0.15, 0.2) is 0 Å². The van der Waals surface area contributed by atoms with Crippen LogP contribution < -0.4 is 5.30 Å². The number of hydrogen-bond acceptors (Lipinski definition) is 1. The van der Waals surface area contributed by atoms with Gasteiger partial charge in [0.25, 0.3) is 0 Å². The number of hydrogen-bond donors (Lipinski definition) is 0. The molecule has 1 atom stereocenters. The smallest absolute Gasteiger partial charge is 0.104 e.